The van der Waals surface area contributed by atoms with Gasteiger partial charge >= 0.3 is 0 Å². The zero-order valence-electron chi connectivity index (χ0n) is 16.0. The Bertz CT molecular complexity index is 1290. The minimum atomic E-state index is 0.0423. The van der Waals surface area contributed by atoms with Crippen LogP contribution >= 0.6 is 11.6 Å². The summed E-state index contributed by atoms with van der Waals surface area (Å²) in [4.78, 5) is 8.68. The van der Waals surface area contributed by atoms with Crippen LogP contribution in [0.5, 0.6) is 5.75 Å². The van der Waals surface area contributed by atoms with Gasteiger partial charge in [0, 0.05) is 30.2 Å². The van der Waals surface area contributed by atoms with E-state index in [1.807, 2.05) is 47.2 Å². The Kier molecular flexibility index (Phi) is 4.90. The number of nitrogens with zero attached hydrogens (tertiary/aromatic N) is 3. The van der Waals surface area contributed by atoms with E-state index in [2.05, 4.69) is 15.3 Å². The highest BCUT2D eigenvalue weighted by atomic mass is 35.5. The first kappa shape index (κ1) is 18.7. The van der Waals surface area contributed by atoms with E-state index < -0.39 is 0 Å². The summed E-state index contributed by atoms with van der Waals surface area (Å²) < 4.78 is 13.3. The zero-order chi connectivity index (χ0) is 20.5. The van der Waals surface area contributed by atoms with Crippen molar-refractivity contribution in [1.82, 2.24) is 14.5 Å². The van der Waals surface area contributed by atoms with E-state index in [0.29, 0.717) is 23.8 Å². The Hall–Kier alpha value is -3.29. The molecule has 0 amide bonds. The van der Waals surface area contributed by atoms with Crippen molar-refractivity contribution in [2.45, 2.75) is 19.4 Å². The summed E-state index contributed by atoms with van der Waals surface area (Å²) in [7, 11) is 0. The van der Waals surface area contributed by atoms with Gasteiger partial charge in [-0.2, -0.15) is 0 Å². The van der Waals surface area contributed by atoms with Crippen LogP contribution in [0.4, 0.5) is 5.82 Å². The standard InChI is InChI=1S/C22H19ClN4O3/c23-17-12-15(26-22-21-18(24-13-25-22)5-7-27(21)8-9-28)1-3-20(17)30-16-2-4-19-14(11-16)6-10-29-19/h2,4-7,10-13,28H,1,3,8-9H2,(H,24,25,26). The molecule has 1 aromatic carbocycles. The molecule has 7 nitrogen and oxygen atoms in total. The summed E-state index contributed by atoms with van der Waals surface area (Å²) in [5, 5.41) is 14.2. The van der Waals surface area contributed by atoms with E-state index in [9.17, 15) is 5.11 Å². The molecule has 0 radical (unpaired) electrons. The molecule has 4 aromatic rings. The SMILES string of the molecule is OCCn1ccc2ncnc(NC3=CC(Cl)=C(Oc4ccc5occc5c4)CC3)c21. The summed E-state index contributed by atoms with van der Waals surface area (Å²) in [6.45, 7) is 0.519. The number of fused-ring (bicyclic) bond motifs is 2. The van der Waals surface area contributed by atoms with Crippen LogP contribution in [0.15, 0.2) is 76.1 Å². The maximum absolute atomic E-state index is 9.30. The number of halogens is 1. The smallest absolute Gasteiger partial charge is 0.158 e. The second kappa shape index (κ2) is 7.85. The molecule has 3 aromatic heterocycles. The van der Waals surface area contributed by atoms with Crippen molar-refractivity contribution < 1.29 is 14.3 Å². The monoisotopic (exact) mass is 422 g/mol. The van der Waals surface area contributed by atoms with E-state index in [1.54, 1.807) is 6.26 Å². The maximum atomic E-state index is 9.30. The number of anilines is 1. The van der Waals surface area contributed by atoms with Crippen molar-refractivity contribution in [3.8, 4) is 5.75 Å². The largest absolute Gasteiger partial charge is 0.464 e. The molecule has 1 aliphatic rings. The number of hydrogen-bond donors (Lipinski definition) is 2. The molecule has 2 N–H and O–H groups in total. The predicted octanol–water partition coefficient (Wildman–Crippen LogP) is 4.79. The molecule has 30 heavy (non-hydrogen) atoms. The maximum Gasteiger partial charge on any atom is 0.158 e. The molecule has 0 aliphatic heterocycles. The number of ether oxygens (including phenoxy) is 1. The fourth-order valence-electron chi connectivity index (χ4n) is 3.59. The van der Waals surface area contributed by atoms with Crippen LogP contribution in [0, 0.1) is 0 Å². The highest BCUT2D eigenvalue weighted by Gasteiger charge is 2.17. The van der Waals surface area contributed by atoms with Crippen LogP contribution in [-0.2, 0) is 6.54 Å². The van der Waals surface area contributed by atoms with E-state index >= 15 is 0 Å². The van der Waals surface area contributed by atoms with Crippen molar-refractivity contribution >= 4 is 39.4 Å². The average Bonchev–Trinajstić information content (AvgIpc) is 3.38. The van der Waals surface area contributed by atoms with Crippen LogP contribution in [0.2, 0.25) is 0 Å². The van der Waals surface area contributed by atoms with Crippen LogP contribution < -0.4 is 10.1 Å². The Labute approximate surface area is 177 Å². The topological polar surface area (TPSA) is 85.3 Å². The molecular weight excluding hydrogens is 404 g/mol. The van der Waals surface area contributed by atoms with Gasteiger partial charge in [-0.3, -0.25) is 0 Å². The van der Waals surface area contributed by atoms with Gasteiger partial charge in [-0.1, -0.05) is 11.6 Å². The van der Waals surface area contributed by atoms with Crippen molar-refractivity contribution in [1.29, 1.82) is 0 Å². The number of allylic oxidation sites excluding steroid dienone is 4. The van der Waals surface area contributed by atoms with Gasteiger partial charge in [-0.15, -0.1) is 0 Å². The minimum Gasteiger partial charge on any atom is -0.464 e. The lowest BCUT2D eigenvalue weighted by atomic mass is 10.1. The Balaban J connectivity index is 1.39. The number of hydrogen-bond acceptors (Lipinski definition) is 6. The van der Waals surface area contributed by atoms with Crippen molar-refractivity contribution in [3.05, 3.63) is 71.7 Å². The van der Waals surface area contributed by atoms with Gasteiger partial charge in [0.05, 0.1) is 23.4 Å². The molecular formula is C22H19ClN4O3. The molecule has 0 unspecified atom stereocenters. The fraction of sp³-hybridized carbons (Fsp3) is 0.182. The van der Waals surface area contributed by atoms with Gasteiger partial charge in [-0.05, 0) is 42.8 Å². The number of benzene rings is 1. The third-order valence-corrected chi connectivity index (χ3v) is 5.34. The number of rotatable bonds is 6. The quantitative estimate of drug-likeness (QED) is 0.464. The number of aliphatic hydroxyl groups is 1. The molecule has 0 saturated carbocycles. The minimum absolute atomic E-state index is 0.0423. The molecule has 8 heteroatoms. The number of aromatic nitrogens is 3. The zero-order valence-corrected chi connectivity index (χ0v) is 16.8. The van der Waals surface area contributed by atoms with Crippen LogP contribution in [0.25, 0.3) is 22.0 Å². The predicted molar refractivity (Wildman–Crippen MR) is 115 cm³/mol. The summed E-state index contributed by atoms with van der Waals surface area (Å²) in [5.74, 6) is 2.13. The van der Waals surface area contributed by atoms with Gasteiger partial charge in [0.25, 0.3) is 0 Å². The van der Waals surface area contributed by atoms with Gasteiger partial charge in [-0.25, -0.2) is 9.97 Å². The third kappa shape index (κ3) is 3.53. The normalized spacial score (nSPS) is 14.4. The fourth-order valence-corrected chi connectivity index (χ4v) is 3.86. The van der Waals surface area contributed by atoms with Gasteiger partial charge in [0.2, 0.25) is 0 Å². The average molecular weight is 423 g/mol. The van der Waals surface area contributed by atoms with Crippen LogP contribution in [-0.4, -0.2) is 26.2 Å². The molecule has 0 spiro atoms. The first-order chi connectivity index (χ1) is 14.7. The highest BCUT2D eigenvalue weighted by Crippen LogP contribution is 2.32. The molecule has 0 bridgehead atoms. The number of aliphatic hydroxyl groups excluding tert-OH is 1. The summed E-state index contributed by atoms with van der Waals surface area (Å²) in [6, 6.07) is 9.49. The van der Waals surface area contributed by atoms with E-state index in [1.165, 1.54) is 6.33 Å². The molecule has 0 saturated heterocycles. The Morgan fingerprint density at radius 3 is 3.00 bits per heavy atom. The molecule has 0 atom stereocenters. The third-order valence-electron chi connectivity index (χ3n) is 5.02. The summed E-state index contributed by atoms with van der Waals surface area (Å²) in [6.07, 6.45) is 8.33. The lowest BCUT2D eigenvalue weighted by Gasteiger charge is -2.19. The van der Waals surface area contributed by atoms with Crippen LogP contribution in [0.3, 0.4) is 0 Å². The van der Waals surface area contributed by atoms with Crippen LogP contribution in [0.1, 0.15) is 12.8 Å². The van der Waals surface area contributed by atoms with Gasteiger partial charge in [0.15, 0.2) is 5.82 Å². The second-order valence-electron chi connectivity index (χ2n) is 6.98. The summed E-state index contributed by atoms with van der Waals surface area (Å²) in [5.41, 5.74) is 3.43. The first-order valence-corrected chi connectivity index (χ1v) is 10.0. The Morgan fingerprint density at radius 2 is 2.13 bits per heavy atom. The molecule has 1 aliphatic carbocycles. The van der Waals surface area contributed by atoms with Gasteiger partial charge in [0.1, 0.15) is 28.9 Å². The highest BCUT2D eigenvalue weighted by molar-refractivity contribution is 6.31. The molecule has 5 rings (SSSR count). The molecule has 0 fully saturated rings. The van der Waals surface area contributed by atoms with E-state index in [-0.39, 0.29) is 6.61 Å². The van der Waals surface area contributed by atoms with Crippen molar-refractivity contribution in [2.24, 2.45) is 0 Å². The molecule has 152 valence electrons. The van der Waals surface area contributed by atoms with Crippen molar-refractivity contribution in [2.75, 3.05) is 11.9 Å². The first-order valence-electron chi connectivity index (χ1n) is 9.63. The van der Waals surface area contributed by atoms with Crippen molar-refractivity contribution in [3.63, 3.8) is 0 Å². The van der Waals surface area contributed by atoms with E-state index in [0.717, 1.165) is 45.6 Å². The lowest BCUT2D eigenvalue weighted by molar-refractivity contribution is 0.278. The number of furan rings is 1. The number of nitrogens with one attached hydrogen (secondary N) is 1. The lowest BCUT2D eigenvalue weighted by Crippen LogP contribution is -2.11. The second-order valence-corrected chi connectivity index (χ2v) is 7.38. The Morgan fingerprint density at radius 1 is 1.20 bits per heavy atom. The van der Waals surface area contributed by atoms with Gasteiger partial charge < -0.3 is 24.1 Å². The molecule has 3 heterocycles. The summed E-state index contributed by atoms with van der Waals surface area (Å²) >= 11 is 6.52. The van der Waals surface area contributed by atoms with E-state index in [4.69, 9.17) is 20.8 Å².